The van der Waals surface area contributed by atoms with Gasteiger partial charge < -0.3 is 34.7 Å². The third kappa shape index (κ3) is 9.93. The molecule has 3 amide bonds. The zero-order valence-electron chi connectivity index (χ0n) is 34.2. The number of aliphatic hydroxyl groups is 1. The lowest BCUT2D eigenvalue weighted by molar-refractivity contribution is -0.0669. The number of nitrogens with one attached hydrogen (secondary N) is 2. The quantitative estimate of drug-likeness (QED) is 0.156. The fourth-order valence-corrected chi connectivity index (χ4v) is 8.44. The predicted molar refractivity (Wildman–Crippen MR) is 219 cm³/mol. The molecule has 3 aliphatic rings. The van der Waals surface area contributed by atoms with Crippen LogP contribution in [0.2, 0.25) is 0 Å². The Morgan fingerprint density at radius 3 is 2.32 bits per heavy atom. The van der Waals surface area contributed by atoms with Gasteiger partial charge in [-0.1, -0.05) is 38.1 Å². The second kappa shape index (κ2) is 17.1. The largest absolute Gasteiger partial charge is 0.444 e. The molecule has 306 valence electrons. The maximum Gasteiger partial charge on any atom is 0.410 e. The third-order valence-corrected chi connectivity index (χ3v) is 11.4. The molecular weight excluding hydrogens is 726 g/mol. The van der Waals surface area contributed by atoms with Crippen LogP contribution in [0.1, 0.15) is 77.8 Å². The molecule has 2 atom stereocenters. The molecule has 13 heteroatoms. The van der Waals surface area contributed by atoms with Crippen molar-refractivity contribution in [2.45, 2.75) is 104 Å². The van der Waals surface area contributed by atoms with E-state index in [0.29, 0.717) is 53.7 Å². The van der Waals surface area contributed by atoms with Crippen molar-refractivity contribution in [3.63, 3.8) is 0 Å². The Morgan fingerprint density at radius 1 is 0.965 bits per heavy atom. The number of hydrogen-bond acceptors (Lipinski definition) is 8. The van der Waals surface area contributed by atoms with Crippen molar-refractivity contribution in [2.24, 2.45) is 11.8 Å². The Hall–Kier alpha value is -4.59. The van der Waals surface area contributed by atoms with E-state index >= 15 is 4.39 Å². The monoisotopic (exact) mass is 783 g/mol. The maximum absolute atomic E-state index is 15.2. The number of ether oxygens (including phenoxy) is 2. The van der Waals surface area contributed by atoms with Crippen molar-refractivity contribution in [1.82, 2.24) is 29.7 Å². The molecule has 12 nitrogen and oxygen atoms in total. The number of carbonyl (C=O) groups is 2. The number of hydrogen-bond donors (Lipinski definition) is 3. The molecule has 0 spiro atoms. The number of aromatic amines is 1. The van der Waals surface area contributed by atoms with Crippen LogP contribution in [0.4, 0.5) is 19.7 Å². The van der Waals surface area contributed by atoms with E-state index in [1.54, 1.807) is 9.80 Å². The second-order valence-corrected chi connectivity index (χ2v) is 17.6. The SMILES string of the molecule is Cc1c(NC(=O)N2C[C@H](CC(C)C)[C@@H](O)C2)cc(F)cc1-c1ncnc2[nH]c(-c3ccc(CN4CCC(OC5CCN(C(=O)OC(C)(C)C)CC5)CC4)cc3)cc12. The molecule has 2 aromatic heterocycles. The number of nitrogens with zero attached hydrogens (tertiary/aromatic N) is 5. The molecule has 0 saturated carbocycles. The standard InChI is InChI=1S/C44H58FN7O5/c1-27(2)19-31-24-52(25-39(31)53)42(54)49-37-21-32(45)20-35(28(37)3)40-36-22-38(48-41(36)47-26-46-40)30-9-7-29(8-10-30)23-50-15-11-33(12-16-50)56-34-13-17-51(18-14-34)43(55)57-44(4,5)6/h7-10,20-22,26-27,31,33-34,39,53H,11-19,23-25H2,1-6H3,(H,49,54)(H,46,47,48)/t31-,39-/m0/s1. The molecule has 0 aliphatic carbocycles. The van der Waals surface area contributed by atoms with Gasteiger partial charge in [-0.3, -0.25) is 4.90 Å². The lowest BCUT2D eigenvalue weighted by Crippen LogP contribution is -2.45. The summed E-state index contributed by atoms with van der Waals surface area (Å²) in [4.78, 5) is 44.1. The van der Waals surface area contributed by atoms with Crippen LogP contribution in [0.15, 0.2) is 48.8 Å². The highest BCUT2D eigenvalue weighted by Crippen LogP contribution is 2.35. The van der Waals surface area contributed by atoms with Crippen molar-refractivity contribution in [2.75, 3.05) is 44.6 Å². The predicted octanol–water partition coefficient (Wildman–Crippen LogP) is 7.99. The number of amides is 3. The van der Waals surface area contributed by atoms with E-state index in [-0.39, 0.29) is 36.8 Å². The summed E-state index contributed by atoms with van der Waals surface area (Å²) in [6.45, 7) is 16.6. The fraction of sp³-hybridized carbons (Fsp3) is 0.545. The molecule has 4 aromatic rings. The van der Waals surface area contributed by atoms with Crippen molar-refractivity contribution in [3.8, 4) is 22.5 Å². The van der Waals surface area contributed by atoms with Gasteiger partial charge in [0.1, 0.15) is 23.4 Å². The zero-order chi connectivity index (χ0) is 40.4. The van der Waals surface area contributed by atoms with Gasteiger partial charge in [-0.15, -0.1) is 0 Å². The van der Waals surface area contributed by atoms with Crippen LogP contribution in [-0.2, 0) is 16.0 Å². The Bertz CT molecular complexity index is 2030. The van der Waals surface area contributed by atoms with Gasteiger partial charge in [0.05, 0.1) is 24.0 Å². The van der Waals surface area contributed by atoms with E-state index < -0.39 is 17.5 Å². The van der Waals surface area contributed by atoms with Crippen molar-refractivity contribution >= 4 is 28.8 Å². The Labute approximate surface area is 335 Å². The van der Waals surface area contributed by atoms with E-state index in [1.807, 2.05) is 33.8 Å². The molecule has 3 fully saturated rings. The number of rotatable bonds is 9. The number of piperidine rings is 2. The van der Waals surface area contributed by atoms with Crippen molar-refractivity contribution < 1.29 is 28.6 Å². The summed E-state index contributed by atoms with van der Waals surface area (Å²) < 4.78 is 27.2. The Balaban J connectivity index is 0.947. The summed E-state index contributed by atoms with van der Waals surface area (Å²) in [6.07, 6.45) is 5.57. The normalized spacial score (nSPS) is 20.2. The van der Waals surface area contributed by atoms with Gasteiger partial charge in [0.25, 0.3) is 0 Å². The minimum atomic E-state index is -0.574. The first-order valence-corrected chi connectivity index (χ1v) is 20.5. The molecule has 2 aromatic carbocycles. The van der Waals surface area contributed by atoms with E-state index in [2.05, 4.69) is 63.3 Å². The highest BCUT2D eigenvalue weighted by molar-refractivity contribution is 5.97. The Morgan fingerprint density at radius 2 is 1.65 bits per heavy atom. The minimum absolute atomic E-state index is 0.0209. The van der Waals surface area contributed by atoms with E-state index in [0.717, 1.165) is 68.4 Å². The number of anilines is 1. The first-order valence-electron chi connectivity index (χ1n) is 20.5. The van der Waals surface area contributed by atoms with E-state index in [9.17, 15) is 14.7 Å². The van der Waals surface area contributed by atoms with Crippen molar-refractivity contribution in [3.05, 3.63) is 65.7 Å². The number of aromatic nitrogens is 3. The second-order valence-electron chi connectivity index (χ2n) is 17.6. The summed E-state index contributed by atoms with van der Waals surface area (Å²) in [6, 6.07) is 12.9. The number of β-amino-alcohol motifs (C(OH)–C–C–N with tert-alkyl or cyclic N) is 1. The van der Waals surface area contributed by atoms with Crippen LogP contribution >= 0.6 is 0 Å². The number of H-pyrrole nitrogens is 1. The number of urea groups is 1. The van der Waals surface area contributed by atoms with Gasteiger partial charge in [-0.2, -0.15) is 0 Å². The van der Waals surface area contributed by atoms with Crippen LogP contribution in [-0.4, -0.2) is 110 Å². The van der Waals surface area contributed by atoms with Gasteiger partial charge in [0, 0.05) is 74.1 Å². The lowest BCUT2D eigenvalue weighted by atomic mass is 9.95. The number of aliphatic hydroxyl groups excluding tert-OH is 1. The molecule has 5 heterocycles. The summed E-state index contributed by atoms with van der Waals surface area (Å²) in [5.41, 5.74) is 5.44. The Kier molecular flexibility index (Phi) is 12.2. The molecule has 57 heavy (non-hydrogen) atoms. The average molecular weight is 784 g/mol. The van der Waals surface area contributed by atoms with Crippen LogP contribution in [0.25, 0.3) is 33.5 Å². The zero-order valence-corrected chi connectivity index (χ0v) is 34.2. The van der Waals surface area contributed by atoms with Crippen LogP contribution < -0.4 is 5.32 Å². The minimum Gasteiger partial charge on any atom is -0.444 e. The number of likely N-dealkylation sites (tertiary alicyclic amines) is 3. The smallest absolute Gasteiger partial charge is 0.410 e. The van der Waals surface area contributed by atoms with Gasteiger partial charge in [-0.05, 0) is 101 Å². The molecule has 0 unspecified atom stereocenters. The fourth-order valence-electron chi connectivity index (χ4n) is 8.44. The van der Waals surface area contributed by atoms with Gasteiger partial charge in [-0.25, -0.2) is 23.9 Å². The highest BCUT2D eigenvalue weighted by Gasteiger charge is 2.35. The summed E-state index contributed by atoms with van der Waals surface area (Å²) in [5.74, 6) is -0.0550. The first kappa shape index (κ1) is 40.6. The number of halogens is 1. The molecule has 7 rings (SSSR count). The summed E-state index contributed by atoms with van der Waals surface area (Å²) >= 11 is 0. The van der Waals surface area contributed by atoms with Crippen molar-refractivity contribution in [1.29, 1.82) is 0 Å². The number of carbonyl (C=O) groups excluding carboxylic acids is 2. The lowest BCUT2D eigenvalue weighted by Gasteiger charge is -2.37. The molecular formula is C44H58FN7O5. The molecule has 3 N–H and O–H groups in total. The summed E-state index contributed by atoms with van der Waals surface area (Å²) in [7, 11) is 0. The average Bonchev–Trinajstić information content (AvgIpc) is 3.77. The third-order valence-electron chi connectivity index (χ3n) is 11.4. The maximum atomic E-state index is 15.2. The van der Waals surface area contributed by atoms with Gasteiger partial charge in [0.15, 0.2) is 0 Å². The van der Waals surface area contributed by atoms with Crippen LogP contribution in [0.3, 0.4) is 0 Å². The molecule has 0 bridgehead atoms. The first-order chi connectivity index (χ1) is 27.2. The van der Waals surface area contributed by atoms with Gasteiger partial charge in [0.2, 0.25) is 0 Å². The van der Waals surface area contributed by atoms with E-state index in [1.165, 1.54) is 24.0 Å². The topological polar surface area (TPSA) is 136 Å². The number of fused-ring (bicyclic) bond motifs is 1. The highest BCUT2D eigenvalue weighted by atomic mass is 19.1. The van der Waals surface area contributed by atoms with Gasteiger partial charge >= 0.3 is 12.1 Å². The molecule has 3 saturated heterocycles. The van der Waals surface area contributed by atoms with Crippen LogP contribution in [0.5, 0.6) is 0 Å². The summed E-state index contributed by atoms with van der Waals surface area (Å²) in [5, 5.41) is 14.2. The molecule has 0 radical (unpaired) electrons. The molecule has 3 aliphatic heterocycles. The van der Waals surface area contributed by atoms with Crippen LogP contribution in [0, 0.1) is 24.6 Å². The number of benzene rings is 2. The van der Waals surface area contributed by atoms with E-state index in [4.69, 9.17) is 9.47 Å².